The van der Waals surface area contributed by atoms with Crippen LogP contribution in [0.4, 0.5) is 5.69 Å². The van der Waals surface area contributed by atoms with Gasteiger partial charge in [-0.1, -0.05) is 43.3 Å². The SMILES string of the molecule is CC[C@@]1(O)CCC2(c3ccccc3)c3ccc(C(=O)Nc4ccc(Br)nc4C)cc3CCC[C@H]2C1. The van der Waals surface area contributed by atoms with Gasteiger partial charge in [-0.3, -0.25) is 4.79 Å². The lowest BCUT2D eigenvalue weighted by Gasteiger charge is -2.50. The van der Waals surface area contributed by atoms with Crippen LogP contribution in [0.3, 0.4) is 0 Å². The van der Waals surface area contributed by atoms with Crippen LogP contribution in [0.1, 0.15) is 78.2 Å². The van der Waals surface area contributed by atoms with E-state index in [9.17, 15) is 9.90 Å². The molecule has 182 valence electrons. The van der Waals surface area contributed by atoms with Crippen LogP contribution in [-0.4, -0.2) is 21.6 Å². The number of halogens is 1. The molecule has 5 heteroatoms. The summed E-state index contributed by atoms with van der Waals surface area (Å²) >= 11 is 3.38. The van der Waals surface area contributed by atoms with Crippen LogP contribution in [0.25, 0.3) is 0 Å². The Morgan fingerprint density at radius 1 is 1.14 bits per heavy atom. The molecule has 2 aliphatic rings. The van der Waals surface area contributed by atoms with Gasteiger partial charge in [0.15, 0.2) is 0 Å². The van der Waals surface area contributed by atoms with Gasteiger partial charge < -0.3 is 10.4 Å². The number of carbonyl (C=O) groups is 1. The number of pyridine rings is 1. The molecule has 3 aromatic rings. The summed E-state index contributed by atoms with van der Waals surface area (Å²) < 4.78 is 0.751. The zero-order chi connectivity index (χ0) is 24.6. The van der Waals surface area contributed by atoms with E-state index in [-0.39, 0.29) is 11.3 Å². The highest BCUT2D eigenvalue weighted by Crippen LogP contribution is 2.55. The minimum Gasteiger partial charge on any atom is -0.390 e. The Morgan fingerprint density at radius 2 is 1.94 bits per heavy atom. The Labute approximate surface area is 216 Å². The lowest BCUT2D eigenvalue weighted by Crippen LogP contribution is -2.48. The number of amides is 1. The molecule has 1 aromatic heterocycles. The van der Waals surface area contributed by atoms with Gasteiger partial charge >= 0.3 is 0 Å². The first-order chi connectivity index (χ1) is 16.8. The van der Waals surface area contributed by atoms with Crippen LogP contribution in [0.5, 0.6) is 0 Å². The molecule has 0 bridgehead atoms. The van der Waals surface area contributed by atoms with Gasteiger partial charge in [-0.2, -0.15) is 0 Å². The molecule has 2 N–H and O–H groups in total. The molecule has 4 nitrogen and oxygen atoms in total. The molecule has 1 amide bonds. The smallest absolute Gasteiger partial charge is 0.255 e. The van der Waals surface area contributed by atoms with E-state index in [2.05, 4.69) is 75.6 Å². The zero-order valence-corrected chi connectivity index (χ0v) is 22.1. The normalized spacial score (nSPS) is 25.8. The Morgan fingerprint density at radius 3 is 2.69 bits per heavy atom. The third-order valence-corrected chi connectivity index (χ3v) is 8.84. The van der Waals surface area contributed by atoms with E-state index in [1.54, 1.807) is 0 Å². The fourth-order valence-electron chi connectivity index (χ4n) is 6.44. The van der Waals surface area contributed by atoms with Gasteiger partial charge in [0.2, 0.25) is 0 Å². The third kappa shape index (κ3) is 4.45. The lowest BCUT2D eigenvalue weighted by molar-refractivity contribution is -0.0415. The van der Waals surface area contributed by atoms with E-state index in [0.717, 1.165) is 60.9 Å². The molecule has 1 heterocycles. The summed E-state index contributed by atoms with van der Waals surface area (Å²) in [5, 5.41) is 14.3. The van der Waals surface area contributed by atoms with Crippen molar-refractivity contribution < 1.29 is 9.90 Å². The first-order valence-corrected chi connectivity index (χ1v) is 13.5. The maximum absolute atomic E-state index is 13.2. The Hall–Kier alpha value is -2.50. The highest BCUT2D eigenvalue weighted by molar-refractivity contribution is 9.10. The molecule has 0 radical (unpaired) electrons. The van der Waals surface area contributed by atoms with Crippen LogP contribution in [0, 0.1) is 12.8 Å². The van der Waals surface area contributed by atoms with Crippen LogP contribution >= 0.6 is 15.9 Å². The van der Waals surface area contributed by atoms with E-state index in [1.165, 1.54) is 16.7 Å². The number of hydrogen-bond donors (Lipinski definition) is 2. The molecule has 35 heavy (non-hydrogen) atoms. The van der Waals surface area contributed by atoms with Crippen LogP contribution in [0.15, 0.2) is 65.3 Å². The van der Waals surface area contributed by atoms with Gasteiger partial charge in [0, 0.05) is 11.0 Å². The molecule has 0 saturated heterocycles. The highest BCUT2D eigenvalue weighted by atomic mass is 79.9. The summed E-state index contributed by atoms with van der Waals surface area (Å²) in [4.78, 5) is 17.6. The fourth-order valence-corrected chi connectivity index (χ4v) is 6.84. The lowest BCUT2D eigenvalue weighted by atomic mass is 9.55. The summed E-state index contributed by atoms with van der Waals surface area (Å²) in [6, 6.07) is 20.8. The molecular weight excluding hydrogens is 500 g/mol. The number of carbonyl (C=O) groups excluding carboxylic acids is 1. The van der Waals surface area contributed by atoms with E-state index in [4.69, 9.17) is 0 Å². The monoisotopic (exact) mass is 532 g/mol. The first kappa shape index (κ1) is 24.2. The number of fused-ring (bicyclic) bond motifs is 3. The number of rotatable bonds is 4. The second-order valence-corrected chi connectivity index (χ2v) is 11.1. The van der Waals surface area contributed by atoms with E-state index >= 15 is 0 Å². The predicted molar refractivity (Wildman–Crippen MR) is 144 cm³/mol. The third-order valence-electron chi connectivity index (χ3n) is 8.40. The van der Waals surface area contributed by atoms with Gasteiger partial charge in [0.05, 0.1) is 17.0 Å². The van der Waals surface area contributed by atoms with Crippen LogP contribution in [0.2, 0.25) is 0 Å². The average Bonchev–Trinajstić information content (AvgIpc) is 3.02. The van der Waals surface area contributed by atoms with Gasteiger partial charge in [0.1, 0.15) is 4.60 Å². The Kier molecular flexibility index (Phi) is 6.58. The first-order valence-electron chi connectivity index (χ1n) is 12.7. The number of anilines is 1. The standard InChI is InChI=1S/C30H33BrN2O2/c1-3-29(35)16-17-30(23-9-5-4-6-10-23)24(19-29)11-7-8-21-18-22(12-13-25(21)30)28(34)33-26-14-15-27(31)32-20(26)2/h4-6,9-10,12-15,18,24,35H,3,7-8,11,16-17,19H2,1-2H3,(H,33,34)/t24-,29+,30?/m0/s1. The highest BCUT2D eigenvalue weighted by Gasteiger charge is 2.51. The van der Waals surface area contributed by atoms with Gasteiger partial charge in [-0.15, -0.1) is 0 Å². The van der Waals surface area contributed by atoms with Crippen molar-refractivity contribution in [2.24, 2.45) is 5.92 Å². The number of nitrogens with zero attached hydrogens (tertiary/aromatic N) is 1. The number of aryl methyl sites for hydroxylation is 2. The molecule has 3 atom stereocenters. The van der Waals surface area contributed by atoms with Crippen molar-refractivity contribution in [1.82, 2.24) is 4.98 Å². The van der Waals surface area contributed by atoms with Gasteiger partial charge in [-0.25, -0.2) is 4.98 Å². The van der Waals surface area contributed by atoms with Crippen molar-refractivity contribution in [1.29, 1.82) is 0 Å². The van der Waals surface area contributed by atoms with Crippen molar-refractivity contribution >= 4 is 27.5 Å². The fraction of sp³-hybridized carbons (Fsp3) is 0.400. The molecule has 5 rings (SSSR count). The second kappa shape index (κ2) is 9.51. The van der Waals surface area contributed by atoms with E-state index in [0.29, 0.717) is 11.5 Å². The second-order valence-electron chi connectivity index (χ2n) is 10.3. The van der Waals surface area contributed by atoms with Gasteiger partial charge in [0.25, 0.3) is 5.91 Å². The molecule has 1 saturated carbocycles. The number of nitrogens with one attached hydrogen (secondary N) is 1. The van der Waals surface area contributed by atoms with Gasteiger partial charge in [-0.05, 0) is 115 Å². The van der Waals surface area contributed by atoms with Crippen LogP contribution < -0.4 is 5.32 Å². The average molecular weight is 534 g/mol. The van der Waals surface area contributed by atoms with E-state index in [1.807, 2.05) is 25.1 Å². The molecule has 2 aromatic carbocycles. The largest absolute Gasteiger partial charge is 0.390 e. The van der Waals surface area contributed by atoms with Crippen molar-refractivity contribution in [3.8, 4) is 0 Å². The predicted octanol–water partition coefficient (Wildman–Crippen LogP) is 6.97. The summed E-state index contributed by atoms with van der Waals surface area (Å²) in [5.41, 5.74) is 5.39. The molecule has 1 unspecified atom stereocenters. The molecular formula is C30H33BrN2O2. The van der Waals surface area contributed by atoms with Crippen molar-refractivity contribution in [2.75, 3.05) is 5.32 Å². The molecule has 0 aliphatic heterocycles. The summed E-state index contributed by atoms with van der Waals surface area (Å²) in [6.45, 7) is 4.00. The maximum Gasteiger partial charge on any atom is 0.255 e. The van der Waals surface area contributed by atoms with Crippen molar-refractivity contribution in [2.45, 2.75) is 69.8 Å². The topological polar surface area (TPSA) is 62.2 Å². The summed E-state index contributed by atoms with van der Waals surface area (Å²) in [7, 11) is 0. The zero-order valence-electron chi connectivity index (χ0n) is 20.5. The number of aromatic nitrogens is 1. The summed E-state index contributed by atoms with van der Waals surface area (Å²) in [5.74, 6) is 0.264. The maximum atomic E-state index is 13.2. The molecule has 1 fully saturated rings. The number of hydrogen-bond acceptors (Lipinski definition) is 3. The van der Waals surface area contributed by atoms with Crippen molar-refractivity contribution in [3.05, 3.63) is 93.2 Å². The number of aliphatic hydroxyl groups is 1. The quantitative estimate of drug-likeness (QED) is 0.356. The Bertz CT molecular complexity index is 1240. The van der Waals surface area contributed by atoms with Crippen LogP contribution in [-0.2, 0) is 11.8 Å². The molecule has 2 aliphatic carbocycles. The molecule has 0 spiro atoms. The van der Waals surface area contributed by atoms with E-state index < -0.39 is 5.60 Å². The summed E-state index contributed by atoms with van der Waals surface area (Å²) in [6.07, 6.45) is 6.44. The number of benzene rings is 2. The minimum atomic E-state index is -0.580. The Balaban J connectivity index is 1.55. The minimum absolute atomic E-state index is 0.112. The van der Waals surface area contributed by atoms with Crippen molar-refractivity contribution in [3.63, 3.8) is 0 Å².